The molecule has 1 N–H and O–H groups in total. The lowest BCUT2D eigenvalue weighted by Crippen LogP contribution is -2.01. The van der Waals surface area contributed by atoms with Gasteiger partial charge in [-0.05, 0) is 18.2 Å². The molecule has 0 bridgehead atoms. The van der Waals surface area contributed by atoms with Crippen LogP contribution in [0.1, 0.15) is 0 Å². The fourth-order valence-electron chi connectivity index (χ4n) is 1.02. The highest BCUT2D eigenvalue weighted by Gasteiger charge is 2.14. The lowest BCUT2D eigenvalue weighted by molar-refractivity contribution is 0.401. The quantitative estimate of drug-likeness (QED) is 0.798. The van der Waals surface area contributed by atoms with E-state index in [1.807, 2.05) is 0 Å². The van der Waals surface area contributed by atoms with Crippen molar-refractivity contribution in [2.75, 3.05) is 13.4 Å². The molecule has 0 aromatic heterocycles. The van der Waals surface area contributed by atoms with E-state index in [0.29, 0.717) is 0 Å². The molecule has 0 amide bonds. The van der Waals surface area contributed by atoms with Gasteiger partial charge in [-0.2, -0.15) is 0 Å². The summed E-state index contributed by atoms with van der Waals surface area (Å²) in [5, 5.41) is 0. The molecule has 1 unspecified atom stereocenters. The summed E-state index contributed by atoms with van der Waals surface area (Å²) >= 11 is -2.27. The molecule has 1 aromatic rings. The summed E-state index contributed by atoms with van der Waals surface area (Å²) in [6.07, 6.45) is 1.03. The summed E-state index contributed by atoms with van der Waals surface area (Å²) in [6.45, 7) is 0. The molecular formula is C8H10O5S2. The van der Waals surface area contributed by atoms with Crippen molar-refractivity contribution in [3.63, 3.8) is 0 Å². The highest BCUT2D eigenvalue weighted by atomic mass is 32.2. The number of hydrogen-bond donors (Lipinski definition) is 1. The van der Waals surface area contributed by atoms with E-state index in [9.17, 15) is 12.6 Å². The first kappa shape index (κ1) is 12.2. The van der Waals surface area contributed by atoms with Crippen molar-refractivity contribution >= 4 is 20.9 Å². The topological polar surface area (TPSA) is 80.7 Å². The van der Waals surface area contributed by atoms with Crippen LogP contribution < -0.4 is 4.74 Å². The summed E-state index contributed by atoms with van der Waals surface area (Å²) < 4.78 is 47.0. The third-order valence-corrected chi connectivity index (χ3v) is 3.56. The first-order valence-electron chi connectivity index (χ1n) is 3.85. The van der Waals surface area contributed by atoms with Crippen LogP contribution in [0.25, 0.3) is 0 Å². The Morgan fingerprint density at radius 1 is 1.40 bits per heavy atom. The van der Waals surface area contributed by atoms with E-state index >= 15 is 0 Å². The molecule has 84 valence electrons. The van der Waals surface area contributed by atoms with Gasteiger partial charge in [-0.1, -0.05) is 0 Å². The number of ether oxygens (including phenoxy) is 1. The van der Waals surface area contributed by atoms with E-state index in [1.165, 1.54) is 19.2 Å². The van der Waals surface area contributed by atoms with Gasteiger partial charge in [0.1, 0.15) is 10.6 Å². The average molecular weight is 250 g/mol. The fraction of sp³-hybridized carbons (Fsp3) is 0.250. The molecule has 0 saturated heterocycles. The molecule has 0 fully saturated rings. The zero-order chi connectivity index (χ0) is 11.6. The SMILES string of the molecule is COc1ccc(S(C)(=O)=O)cc1S(=O)O. The smallest absolute Gasteiger partial charge is 0.190 e. The Bertz CT molecular complexity index is 492. The van der Waals surface area contributed by atoms with Gasteiger partial charge in [0.25, 0.3) is 0 Å². The lowest BCUT2D eigenvalue weighted by atomic mass is 10.3. The van der Waals surface area contributed by atoms with Crippen LogP contribution in [0.5, 0.6) is 5.75 Å². The first-order valence-corrected chi connectivity index (χ1v) is 6.85. The van der Waals surface area contributed by atoms with Crippen molar-refractivity contribution in [1.29, 1.82) is 0 Å². The normalized spacial score (nSPS) is 13.5. The maximum Gasteiger partial charge on any atom is 0.190 e. The van der Waals surface area contributed by atoms with Crippen LogP contribution in [0.15, 0.2) is 28.0 Å². The third-order valence-electron chi connectivity index (χ3n) is 1.75. The van der Waals surface area contributed by atoms with Crippen LogP contribution in [0.2, 0.25) is 0 Å². The Balaban J connectivity index is 3.42. The molecule has 1 rings (SSSR count). The Morgan fingerprint density at radius 3 is 2.40 bits per heavy atom. The van der Waals surface area contributed by atoms with Gasteiger partial charge in [0.2, 0.25) is 0 Å². The molecule has 0 aliphatic rings. The predicted octanol–water partition coefficient (Wildman–Crippen LogP) is 0.679. The predicted molar refractivity (Wildman–Crippen MR) is 55.1 cm³/mol. The summed E-state index contributed by atoms with van der Waals surface area (Å²) in [6, 6.07) is 3.80. The molecule has 0 spiro atoms. The second-order valence-corrected chi connectivity index (χ2v) is 5.79. The molecule has 0 aliphatic carbocycles. The van der Waals surface area contributed by atoms with Gasteiger partial charge in [-0.3, -0.25) is 0 Å². The number of benzene rings is 1. The minimum Gasteiger partial charge on any atom is -0.495 e. The Morgan fingerprint density at radius 2 is 2.00 bits per heavy atom. The molecule has 0 saturated carbocycles. The molecule has 1 aromatic carbocycles. The standard InChI is InChI=1S/C8H10O5S2/c1-13-7-4-3-6(15(2,11)12)5-8(7)14(9)10/h3-5H,1-2H3,(H,9,10). The Hall–Kier alpha value is -0.920. The maximum absolute atomic E-state index is 11.2. The second-order valence-electron chi connectivity index (χ2n) is 2.83. The lowest BCUT2D eigenvalue weighted by Gasteiger charge is -2.06. The number of sulfone groups is 1. The summed E-state index contributed by atoms with van der Waals surface area (Å²) in [5.74, 6) is 0.184. The second kappa shape index (κ2) is 4.30. The summed E-state index contributed by atoms with van der Waals surface area (Å²) in [4.78, 5) is -0.0684. The van der Waals surface area contributed by atoms with E-state index in [1.54, 1.807) is 0 Å². The van der Waals surface area contributed by atoms with Crippen molar-refractivity contribution in [3.8, 4) is 5.75 Å². The van der Waals surface area contributed by atoms with Crippen LogP contribution >= 0.6 is 0 Å². The minimum absolute atomic E-state index is 0.0132. The minimum atomic E-state index is -3.38. The number of hydrogen-bond acceptors (Lipinski definition) is 4. The zero-order valence-corrected chi connectivity index (χ0v) is 9.76. The average Bonchev–Trinajstić information content (AvgIpc) is 2.15. The molecule has 15 heavy (non-hydrogen) atoms. The number of rotatable bonds is 3. The van der Waals surface area contributed by atoms with Gasteiger partial charge >= 0.3 is 0 Å². The Kier molecular flexibility index (Phi) is 3.48. The van der Waals surface area contributed by atoms with E-state index in [-0.39, 0.29) is 15.5 Å². The van der Waals surface area contributed by atoms with Crippen molar-refractivity contribution in [3.05, 3.63) is 18.2 Å². The molecule has 1 atom stereocenters. The van der Waals surface area contributed by atoms with Crippen LogP contribution in [0.3, 0.4) is 0 Å². The van der Waals surface area contributed by atoms with Gasteiger partial charge in [-0.25, -0.2) is 12.6 Å². The van der Waals surface area contributed by atoms with Crippen molar-refractivity contribution < 1.29 is 21.9 Å². The monoisotopic (exact) mass is 250 g/mol. The van der Waals surface area contributed by atoms with Gasteiger partial charge in [0.15, 0.2) is 20.9 Å². The molecule has 0 radical (unpaired) electrons. The van der Waals surface area contributed by atoms with Crippen molar-refractivity contribution in [2.24, 2.45) is 0 Å². The fourth-order valence-corrected chi connectivity index (χ4v) is 2.30. The highest BCUT2D eigenvalue weighted by Crippen LogP contribution is 2.24. The van der Waals surface area contributed by atoms with Gasteiger partial charge in [-0.15, -0.1) is 0 Å². The van der Waals surface area contributed by atoms with E-state index < -0.39 is 20.9 Å². The largest absolute Gasteiger partial charge is 0.495 e. The van der Waals surface area contributed by atoms with Crippen molar-refractivity contribution in [2.45, 2.75) is 9.79 Å². The Labute approximate surface area is 90.3 Å². The zero-order valence-electron chi connectivity index (χ0n) is 8.13. The maximum atomic E-state index is 11.2. The van der Waals surface area contributed by atoms with E-state index in [4.69, 9.17) is 9.29 Å². The molecule has 0 heterocycles. The molecule has 5 nitrogen and oxygen atoms in total. The molecular weight excluding hydrogens is 240 g/mol. The van der Waals surface area contributed by atoms with Crippen LogP contribution in [-0.4, -0.2) is 30.5 Å². The number of methoxy groups -OCH3 is 1. The van der Waals surface area contributed by atoms with Gasteiger partial charge in [0.05, 0.1) is 12.0 Å². The van der Waals surface area contributed by atoms with Crippen LogP contribution in [0, 0.1) is 0 Å². The molecule has 0 aliphatic heterocycles. The third kappa shape index (κ3) is 2.77. The van der Waals surface area contributed by atoms with Gasteiger partial charge < -0.3 is 9.29 Å². The van der Waals surface area contributed by atoms with Crippen LogP contribution in [0.4, 0.5) is 0 Å². The van der Waals surface area contributed by atoms with Crippen LogP contribution in [-0.2, 0) is 20.9 Å². The van der Waals surface area contributed by atoms with E-state index in [0.717, 1.165) is 12.3 Å². The molecule has 7 heteroatoms. The van der Waals surface area contributed by atoms with E-state index in [2.05, 4.69) is 0 Å². The summed E-state index contributed by atoms with van der Waals surface area (Å²) in [7, 11) is -2.05. The highest BCUT2D eigenvalue weighted by molar-refractivity contribution is 7.90. The first-order chi connectivity index (χ1) is 6.86. The van der Waals surface area contributed by atoms with Crippen molar-refractivity contribution in [1.82, 2.24) is 0 Å². The van der Waals surface area contributed by atoms with Gasteiger partial charge in [0, 0.05) is 6.26 Å². The summed E-state index contributed by atoms with van der Waals surface area (Å²) in [5.41, 5.74) is 0.